The number of aromatic amines is 2. The van der Waals surface area contributed by atoms with Gasteiger partial charge in [0.25, 0.3) is 11.1 Å². The third-order valence-corrected chi connectivity index (χ3v) is 4.80. The average Bonchev–Trinajstić information content (AvgIpc) is 2.76. The summed E-state index contributed by atoms with van der Waals surface area (Å²) in [6, 6.07) is 17.5. The predicted molar refractivity (Wildman–Crippen MR) is 119 cm³/mol. The number of para-hydroxylation sites is 2. The molecule has 0 fully saturated rings. The normalized spacial score (nSPS) is 11.1. The molecule has 10 heteroatoms. The number of aliphatic imine (C=N–C) groups is 1. The molecule has 0 aliphatic heterocycles. The van der Waals surface area contributed by atoms with Crippen molar-refractivity contribution < 1.29 is 5.11 Å². The Balaban J connectivity index is 2.02. The first-order valence-electron chi connectivity index (χ1n) is 9.05. The summed E-state index contributed by atoms with van der Waals surface area (Å²) in [5, 5.41) is 10.9. The molecule has 2 aromatic carbocycles. The first kappa shape index (κ1) is 20.0. The van der Waals surface area contributed by atoms with Crippen LogP contribution in [0.1, 0.15) is 5.56 Å². The Bertz CT molecular complexity index is 1520. The monoisotopic (exact) mass is 433 g/mol. The molecule has 2 heterocycles. The quantitative estimate of drug-likeness (QED) is 0.336. The van der Waals surface area contributed by atoms with E-state index in [0.717, 1.165) is 12.4 Å². The molecule has 0 saturated carbocycles. The molecule has 31 heavy (non-hydrogen) atoms. The summed E-state index contributed by atoms with van der Waals surface area (Å²) in [4.78, 5) is 44.7. The zero-order valence-electron chi connectivity index (χ0n) is 15.9. The fourth-order valence-electron chi connectivity index (χ4n) is 2.97. The molecule has 2 aromatic heterocycles. The highest BCUT2D eigenvalue weighted by Gasteiger charge is 2.18. The van der Waals surface area contributed by atoms with Gasteiger partial charge in [0.1, 0.15) is 11.3 Å². The molecule has 0 aliphatic carbocycles. The van der Waals surface area contributed by atoms with Gasteiger partial charge in [-0.3, -0.25) is 23.7 Å². The number of aromatic hydroxyl groups is 1. The molecule has 0 bridgehead atoms. The first-order chi connectivity index (χ1) is 15.0. The van der Waals surface area contributed by atoms with E-state index >= 15 is 0 Å². The molecule has 0 amide bonds. The molecule has 3 N–H and O–H groups in total. The Kier molecular flexibility index (Phi) is 5.29. The van der Waals surface area contributed by atoms with Gasteiger partial charge in [0, 0.05) is 12.4 Å². The van der Waals surface area contributed by atoms with Gasteiger partial charge in [0.15, 0.2) is 4.77 Å². The van der Waals surface area contributed by atoms with Crippen LogP contribution in [-0.4, -0.2) is 30.4 Å². The minimum Gasteiger partial charge on any atom is -0.494 e. The van der Waals surface area contributed by atoms with E-state index in [0.29, 0.717) is 11.4 Å². The first-order valence-corrected chi connectivity index (χ1v) is 9.46. The Labute approximate surface area is 179 Å². The van der Waals surface area contributed by atoms with Crippen molar-refractivity contribution in [3.8, 4) is 17.3 Å². The fourth-order valence-corrected chi connectivity index (χ4v) is 3.35. The van der Waals surface area contributed by atoms with Gasteiger partial charge in [0.2, 0.25) is 5.88 Å². The van der Waals surface area contributed by atoms with Crippen molar-refractivity contribution in [1.29, 1.82) is 0 Å². The van der Waals surface area contributed by atoms with Crippen LogP contribution in [0.5, 0.6) is 5.88 Å². The lowest BCUT2D eigenvalue weighted by Gasteiger charge is -2.16. The average molecular weight is 433 g/mol. The van der Waals surface area contributed by atoms with Crippen LogP contribution in [0.3, 0.4) is 0 Å². The highest BCUT2D eigenvalue weighted by Crippen LogP contribution is 2.21. The molecule has 0 saturated heterocycles. The second-order valence-corrected chi connectivity index (χ2v) is 6.75. The minimum atomic E-state index is -0.737. The van der Waals surface area contributed by atoms with Crippen molar-refractivity contribution >= 4 is 24.1 Å². The van der Waals surface area contributed by atoms with Crippen LogP contribution in [0.25, 0.3) is 11.4 Å². The Hall–Kier alpha value is -4.31. The second-order valence-electron chi connectivity index (χ2n) is 6.38. The fraction of sp³-hybridized carbons (Fsp3) is 0. The number of hydrogen-bond acceptors (Lipinski definition) is 6. The van der Waals surface area contributed by atoms with Gasteiger partial charge in [-0.15, -0.1) is 0 Å². The van der Waals surface area contributed by atoms with E-state index in [1.807, 2.05) is 11.1 Å². The van der Waals surface area contributed by atoms with Gasteiger partial charge in [-0.05, 0) is 36.5 Å². The van der Waals surface area contributed by atoms with Crippen molar-refractivity contribution in [2.45, 2.75) is 0 Å². The van der Waals surface area contributed by atoms with Gasteiger partial charge >= 0.3 is 5.69 Å². The van der Waals surface area contributed by atoms with E-state index in [1.54, 1.807) is 54.6 Å². The molecule has 0 radical (unpaired) electrons. The van der Waals surface area contributed by atoms with Gasteiger partial charge < -0.3 is 10.1 Å². The predicted octanol–water partition coefficient (Wildman–Crippen LogP) is 2.19. The lowest BCUT2D eigenvalue weighted by Crippen LogP contribution is -2.27. The highest BCUT2D eigenvalue weighted by molar-refractivity contribution is 7.71. The third-order valence-electron chi connectivity index (χ3n) is 4.43. The standard InChI is InChI=1S/C21H15N5O4S/c27-17-16(12-23-20(30)24-17)22-11-15-18(28)25(13-7-3-1-4-8-13)21(31)26(19(15)29)14-9-5-2-6-10-14/h1-12,28H,(H2,23,24,27,30). The lowest BCUT2D eigenvalue weighted by molar-refractivity contribution is 0.430. The number of rotatable bonds is 4. The zero-order chi connectivity index (χ0) is 22.0. The van der Waals surface area contributed by atoms with E-state index in [9.17, 15) is 19.5 Å². The molecular formula is C21H15N5O4S. The topological polar surface area (TPSA) is 125 Å². The van der Waals surface area contributed by atoms with Crippen molar-refractivity contribution in [3.05, 3.63) is 108 Å². The maximum absolute atomic E-state index is 13.2. The molecule has 9 nitrogen and oxygen atoms in total. The molecule has 4 aromatic rings. The van der Waals surface area contributed by atoms with E-state index in [2.05, 4.69) is 9.98 Å². The van der Waals surface area contributed by atoms with Crippen molar-refractivity contribution in [2.24, 2.45) is 4.99 Å². The summed E-state index contributed by atoms with van der Waals surface area (Å²) < 4.78 is 2.65. The molecular weight excluding hydrogens is 418 g/mol. The van der Waals surface area contributed by atoms with Crippen LogP contribution < -0.4 is 16.8 Å². The number of aromatic nitrogens is 4. The largest absolute Gasteiger partial charge is 0.494 e. The van der Waals surface area contributed by atoms with E-state index in [1.165, 1.54) is 9.13 Å². The van der Waals surface area contributed by atoms with Crippen molar-refractivity contribution in [3.63, 3.8) is 0 Å². The Morgan fingerprint density at radius 2 is 1.48 bits per heavy atom. The SMILES string of the molecule is O=c1[nH]cc(N=Cc2c(O)n(-c3ccccc3)c(=S)n(-c3ccccc3)c2=O)c(=O)[nH]1. The summed E-state index contributed by atoms with van der Waals surface area (Å²) >= 11 is 5.53. The van der Waals surface area contributed by atoms with Crippen LogP contribution >= 0.6 is 12.2 Å². The molecule has 0 unspecified atom stereocenters. The zero-order valence-corrected chi connectivity index (χ0v) is 16.7. The molecule has 0 spiro atoms. The molecule has 0 atom stereocenters. The summed E-state index contributed by atoms with van der Waals surface area (Å²) in [6.07, 6.45) is 2.17. The molecule has 4 rings (SSSR count). The Morgan fingerprint density at radius 1 is 0.903 bits per heavy atom. The van der Waals surface area contributed by atoms with Crippen LogP contribution in [0.4, 0.5) is 5.69 Å². The van der Waals surface area contributed by atoms with E-state index in [-0.39, 0.29) is 16.0 Å². The van der Waals surface area contributed by atoms with Gasteiger partial charge in [-0.2, -0.15) is 0 Å². The van der Waals surface area contributed by atoms with E-state index in [4.69, 9.17) is 12.2 Å². The number of nitrogens with zero attached hydrogens (tertiary/aromatic N) is 3. The highest BCUT2D eigenvalue weighted by atomic mass is 32.1. The van der Waals surface area contributed by atoms with Gasteiger partial charge in [0.05, 0.1) is 11.4 Å². The number of benzene rings is 2. The maximum Gasteiger partial charge on any atom is 0.325 e. The Morgan fingerprint density at radius 3 is 2.06 bits per heavy atom. The number of nitrogens with one attached hydrogen (secondary N) is 2. The number of H-pyrrole nitrogens is 2. The number of hydrogen-bond donors (Lipinski definition) is 3. The molecule has 0 aliphatic rings. The van der Waals surface area contributed by atoms with Crippen molar-refractivity contribution in [2.75, 3.05) is 0 Å². The van der Waals surface area contributed by atoms with Crippen LogP contribution in [-0.2, 0) is 0 Å². The summed E-state index contributed by atoms with van der Waals surface area (Å²) in [5.74, 6) is -0.432. The van der Waals surface area contributed by atoms with Crippen LogP contribution in [0.2, 0.25) is 0 Å². The summed E-state index contributed by atoms with van der Waals surface area (Å²) in [7, 11) is 0. The minimum absolute atomic E-state index is 0.0546. The lowest BCUT2D eigenvalue weighted by atomic mass is 10.2. The third kappa shape index (κ3) is 3.79. The van der Waals surface area contributed by atoms with Crippen molar-refractivity contribution in [1.82, 2.24) is 19.1 Å². The van der Waals surface area contributed by atoms with Crippen LogP contribution in [0.15, 0.2) is 86.2 Å². The van der Waals surface area contributed by atoms with Crippen LogP contribution in [0, 0.1) is 4.77 Å². The summed E-state index contributed by atoms with van der Waals surface area (Å²) in [5.41, 5.74) is -1.34. The summed E-state index contributed by atoms with van der Waals surface area (Å²) in [6.45, 7) is 0. The smallest absolute Gasteiger partial charge is 0.325 e. The van der Waals surface area contributed by atoms with Gasteiger partial charge in [-0.1, -0.05) is 36.4 Å². The maximum atomic E-state index is 13.2. The van der Waals surface area contributed by atoms with E-state index < -0.39 is 22.7 Å². The second kappa shape index (κ2) is 8.20. The molecule has 154 valence electrons. The van der Waals surface area contributed by atoms with Gasteiger partial charge in [-0.25, -0.2) is 9.79 Å².